The summed E-state index contributed by atoms with van der Waals surface area (Å²) in [5, 5.41) is 41.7. The van der Waals surface area contributed by atoms with Crippen molar-refractivity contribution in [2.45, 2.75) is 160 Å². The Morgan fingerprint density at radius 2 is 1.67 bits per heavy atom. The number of aliphatic hydroxyl groups is 4. The van der Waals surface area contributed by atoms with Crippen LogP contribution in [0.1, 0.15) is 93.4 Å². The van der Waals surface area contributed by atoms with Crippen LogP contribution in [0.3, 0.4) is 0 Å². The molecule has 5 saturated carbocycles. The molecule has 269 valence electrons. The summed E-state index contributed by atoms with van der Waals surface area (Å²) in [6.07, 6.45) is 2.01. The van der Waals surface area contributed by atoms with Crippen molar-refractivity contribution in [2.24, 2.45) is 50.7 Å². The van der Waals surface area contributed by atoms with Crippen molar-refractivity contribution >= 4 is 5.97 Å². The Kier molecular flexibility index (Phi) is 6.70. The highest BCUT2D eigenvalue weighted by Gasteiger charge is 2.87. The minimum atomic E-state index is -1.32. The van der Waals surface area contributed by atoms with Gasteiger partial charge in [-0.05, 0) is 97.2 Å². The number of esters is 1. The third-order valence-corrected chi connectivity index (χ3v) is 16.5. The second-order valence-electron chi connectivity index (χ2n) is 18.8. The molecule has 4 heterocycles. The van der Waals surface area contributed by atoms with Gasteiger partial charge in [0, 0.05) is 18.8 Å². The molecule has 9 fully saturated rings. The fourth-order valence-electron chi connectivity index (χ4n) is 14.2. The highest BCUT2D eigenvalue weighted by molar-refractivity contribution is 5.66. The number of hydrogen-bond acceptors (Lipinski definition) is 11. The molecule has 11 nitrogen and oxygen atoms in total. The molecule has 0 amide bonds. The number of rotatable bonds is 3. The first-order valence-corrected chi connectivity index (χ1v) is 18.4. The third-order valence-electron chi connectivity index (χ3n) is 16.5. The van der Waals surface area contributed by atoms with Gasteiger partial charge in [-0.25, -0.2) is 0 Å². The summed E-state index contributed by atoms with van der Waals surface area (Å²) in [4.78, 5) is 12.9. The van der Waals surface area contributed by atoms with Crippen LogP contribution in [0.2, 0.25) is 0 Å². The van der Waals surface area contributed by atoms with Crippen molar-refractivity contribution in [1.29, 1.82) is 0 Å². The van der Waals surface area contributed by atoms with Gasteiger partial charge in [-0.1, -0.05) is 34.6 Å². The Balaban J connectivity index is 1.03. The summed E-state index contributed by atoms with van der Waals surface area (Å²) < 4.78 is 37.8. The van der Waals surface area contributed by atoms with Crippen LogP contribution >= 0.6 is 0 Å². The molecule has 19 atom stereocenters. The van der Waals surface area contributed by atoms with Crippen molar-refractivity contribution in [3.8, 4) is 0 Å². The van der Waals surface area contributed by atoms with Crippen molar-refractivity contribution in [2.75, 3.05) is 6.61 Å². The molecule has 4 saturated heterocycles. The summed E-state index contributed by atoms with van der Waals surface area (Å²) in [7, 11) is 0. The lowest BCUT2D eigenvalue weighted by Gasteiger charge is -2.65. The van der Waals surface area contributed by atoms with E-state index < -0.39 is 42.3 Å². The van der Waals surface area contributed by atoms with Gasteiger partial charge in [-0.3, -0.25) is 4.79 Å². The largest absolute Gasteiger partial charge is 0.462 e. The molecule has 11 heteroatoms. The van der Waals surface area contributed by atoms with Gasteiger partial charge in [0.15, 0.2) is 12.6 Å². The van der Waals surface area contributed by atoms with Crippen LogP contribution < -0.4 is 0 Å². The first-order chi connectivity index (χ1) is 22.4. The maximum Gasteiger partial charge on any atom is 0.302 e. The molecule has 48 heavy (non-hydrogen) atoms. The van der Waals surface area contributed by atoms with Crippen LogP contribution in [0.25, 0.3) is 0 Å². The second-order valence-corrected chi connectivity index (χ2v) is 18.8. The second kappa shape index (κ2) is 9.75. The zero-order chi connectivity index (χ0) is 34.2. The molecular formula is C37H55O11. The molecule has 4 aliphatic heterocycles. The van der Waals surface area contributed by atoms with Gasteiger partial charge in [0.05, 0.1) is 18.8 Å². The SMILES string of the molecule is CC(=O)O[C@@H]1C[C@@]23C[C@@]24CC[C@H](O[C@@H]2OC[C@@H](O)[C@H](O)[C@H]2O)C(C)(C)C4[CH]C[C@H]3[C@]2(C)C[C@@H]3O[C@]4(C[C@@H](C)[C@@H]3[C@@]12C)O[C@H](O)[C@@]1(C)O[C@@H]41. The maximum atomic E-state index is 12.9. The van der Waals surface area contributed by atoms with Crippen LogP contribution in [0.15, 0.2) is 0 Å². The van der Waals surface area contributed by atoms with E-state index in [9.17, 15) is 25.2 Å². The van der Waals surface area contributed by atoms with E-state index in [2.05, 4.69) is 41.0 Å². The standard InChI is InChI=1S/C37H55O11/c1-17-12-37(29-34(7,47-29)30(42)48-37)46-20-13-32(5)22-9-8-21-31(3,4)23(45-28-27(41)26(40)19(39)15-43-28)10-11-35(21)16-36(22,35)14-24(44-18(2)38)33(32,6)25(17)20/h8,17,19-30,39-42H,9-16H2,1-7H3/t17-,19-,20+,21?,22+,23+,24-,25+,26+,27-,28+,29-,30+,32+,33-,34+,35-,36+,37-/m1/s1. The van der Waals surface area contributed by atoms with Crippen LogP contribution in [0.4, 0.5) is 0 Å². The molecule has 1 unspecified atom stereocenters. The van der Waals surface area contributed by atoms with Crippen molar-refractivity contribution in [3.05, 3.63) is 6.42 Å². The molecule has 5 aliphatic carbocycles. The van der Waals surface area contributed by atoms with Crippen LogP contribution in [0.5, 0.6) is 0 Å². The van der Waals surface area contributed by atoms with Crippen LogP contribution in [-0.4, -0.2) is 99.7 Å². The molecule has 0 aromatic heterocycles. The van der Waals surface area contributed by atoms with Gasteiger partial charge in [0.2, 0.25) is 5.79 Å². The predicted octanol–water partition coefficient (Wildman–Crippen LogP) is 2.84. The lowest BCUT2D eigenvalue weighted by Crippen LogP contribution is -2.64. The summed E-state index contributed by atoms with van der Waals surface area (Å²) in [6.45, 7) is 15.0. The molecule has 0 bridgehead atoms. The van der Waals surface area contributed by atoms with Crippen LogP contribution in [0, 0.1) is 57.2 Å². The summed E-state index contributed by atoms with van der Waals surface area (Å²) in [6, 6.07) is 0. The monoisotopic (exact) mass is 675 g/mol. The fraction of sp³-hybridized carbons (Fsp3) is 0.946. The van der Waals surface area contributed by atoms with E-state index in [1.54, 1.807) is 0 Å². The number of carbonyl (C=O) groups excluding carboxylic acids is 1. The Morgan fingerprint density at radius 3 is 2.33 bits per heavy atom. The molecular weight excluding hydrogens is 620 g/mol. The topological polar surface area (TPSA) is 157 Å². The van der Waals surface area contributed by atoms with Gasteiger partial charge >= 0.3 is 5.97 Å². The van der Waals surface area contributed by atoms with E-state index >= 15 is 0 Å². The lowest BCUT2D eigenvalue weighted by atomic mass is 9.41. The van der Waals surface area contributed by atoms with E-state index in [1.165, 1.54) is 6.92 Å². The zero-order valence-corrected chi connectivity index (χ0v) is 29.4. The van der Waals surface area contributed by atoms with Crippen LogP contribution in [-0.2, 0) is 33.2 Å². The molecule has 1 radical (unpaired) electrons. The van der Waals surface area contributed by atoms with E-state index in [0.717, 1.165) is 38.5 Å². The van der Waals surface area contributed by atoms with Gasteiger partial charge in [-0.2, -0.15) is 0 Å². The molecule has 9 aliphatic rings. The number of fused-ring (bicyclic) bond motifs is 6. The van der Waals surface area contributed by atoms with E-state index in [0.29, 0.717) is 12.3 Å². The zero-order valence-electron chi connectivity index (χ0n) is 29.4. The van der Waals surface area contributed by atoms with E-state index in [4.69, 9.17) is 28.4 Å². The Morgan fingerprint density at radius 1 is 0.917 bits per heavy atom. The smallest absolute Gasteiger partial charge is 0.302 e. The first kappa shape index (κ1) is 33.0. The van der Waals surface area contributed by atoms with Gasteiger partial charge < -0.3 is 48.8 Å². The molecule has 0 aromatic rings. The van der Waals surface area contributed by atoms with Crippen molar-refractivity contribution in [3.63, 3.8) is 0 Å². The van der Waals surface area contributed by atoms with Gasteiger partial charge in [0.1, 0.15) is 36.1 Å². The fourth-order valence-corrected chi connectivity index (χ4v) is 14.2. The van der Waals surface area contributed by atoms with Crippen molar-refractivity contribution in [1.82, 2.24) is 0 Å². The summed E-state index contributed by atoms with van der Waals surface area (Å²) in [5.74, 6) is -0.191. The summed E-state index contributed by atoms with van der Waals surface area (Å²) >= 11 is 0. The predicted molar refractivity (Wildman–Crippen MR) is 167 cm³/mol. The highest BCUT2D eigenvalue weighted by Crippen LogP contribution is 2.89. The average Bonchev–Trinajstić information content (AvgIpc) is 3.84. The Hall–Kier alpha value is -0.890. The number of carbonyl (C=O) groups is 1. The normalized spacial score (nSPS) is 63.3. The Labute approximate surface area is 283 Å². The number of epoxide rings is 1. The third kappa shape index (κ3) is 3.74. The molecule has 4 N–H and O–H groups in total. The van der Waals surface area contributed by atoms with Crippen molar-refractivity contribution < 1.29 is 53.6 Å². The first-order valence-electron chi connectivity index (χ1n) is 18.4. The summed E-state index contributed by atoms with van der Waals surface area (Å²) in [5.41, 5.74) is -1.43. The quantitative estimate of drug-likeness (QED) is 0.198. The molecule has 0 aromatic carbocycles. The maximum absolute atomic E-state index is 12.9. The average molecular weight is 676 g/mol. The minimum absolute atomic E-state index is 0.0108. The molecule has 9 rings (SSSR count). The Bertz CT molecular complexity index is 1390. The molecule has 3 spiro atoms. The lowest BCUT2D eigenvalue weighted by molar-refractivity contribution is -0.346. The van der Waals surface area contributed by atoms with Gasteiger partial charge in [-0.15, -0.1) is 0 Å². The van der Waals surface area contributed by atoms with E-state index in [-0.39, 0.29) is 81.8 Å². The van der Waals surface area contributed by atoms with Gasteiger partial charge in [0.25, 0.3) is 0 Å². The number of hydrogen-bond donors (Lipinski definition) is 4. The minimum Gasteiger partial charge on any atom is -0.462 e. The number of ether oxygens (including phenoxy) is 6. The highest BCUT2D eigenvalue weighted by atomic mass is 16.8. The number of aliphatic hydroxyl groups excluding tert-OH is 4. The van der Waals surface area contributed by atoms with E-state index in [1.807, 2.05) is 6.92 Å².